The number of rotatable bonds is 1. The summed E-state index contributed by atoms with van der Waals surface area (Å²) in [7, 11) is 1.34. The lowest BCUT2D eigenvalue weighted by Crippen LogP contribution is -2.43. The van der Waals surface area contributed by atoms with E-state index in [2.05, 4.69) is 4.74 Å². The van der Waals surface area contributed by atoms with Crippen LogP contribution in [0.15, 0.2) is 11.5 Å². The van der Waals surface area contributed by atoms with Crippen LogP contribution < -0.4 is 5.73 Å². The molecule has 0 aliphatic carbocycles. The number of hydrogen-bond acceptors (Lipinski definition) is 4. The van der Waals surface area contributed by atoms with E-state index < -0.39 is 4.87 Å². The molecule has 0 amide bonds. The number of ether oxygens (including phenoxy) is 1. The normalized spacial score (nSPS) is 30.6. The van der Waals surface area contributed by atoms with E-state index in [1.807, 2.05) is 11.5 Å². The van der Waals surface area contributed by atoms with E-state index in [9.17, 15) is 4.79 Å². The summed E-state index contributed by atoms with van der Waals surface area (Å²) in [6.45, 7) is 0. The minimum Gasteiger partial charge on any atom is -0.467 e. The Balaban J connectivity index is 2.61. The van der Waals surface area contributed by atoms with Crippen LogP contribution in [0.25, 0.3) is 0 Å². The summed E-state index contributed by atoms with van der Waals surface area (Å²) < 4.78 is 4.51. The Morgan fingerprint density at radius 1 is 1.90 bits per heavy atom. The molecule has 1 aliphatic heterocycles. The molecule has 56 valence electrons. The fourth-order valence-electron chi connectivity index (χ4n) is 0.745. The van der Waals surface area contributed by atoms with Gasteiger partial charge in [0.05, 0.1) is 7.11 Å². The smallest absolute Gasteiger partial charge is 0.337 e. The summed E-state index contributed by atoms with van der Waals surface area (Å²) in [6, 6.07) is 0. The third kappa shape index (κ3) is 1.17. The summed E-state index contributed by atoms with van der Waals surface area (Å²) in [5.41, 5.74) is 5.64. The first-order valence-corrected chi connectivity index (χ1v) is 3.77. The zero-order chi connectivity index (χ0) is 7.61. The zero-order valence-electron chi connectivity index (χ0n) is 5.66. The average molecular weight is 159 g/mol. The Hall–Kier alpha value is -0.480. The van der Waals surface area contributed by atoms with Crippen molar-refractivity contribution in [2.24, 2.45) is 5.73 Å². The topological polar surface area (TPSA) is 52.3 Å². The Morgan fingerprint density at radius 2 is 2.60 bits per heavy atom. The van der Waals surface area contributed by atoms with Gasteiger partial charge in [-0.25, -0.2) is 4.79 Å². The van der Waals surface area contributed by atoms with E-state index in [0.717, 1.165) is 0 Å². The van der Waals surface area contributed by atoms with Gasteiger partial charge < -0.3 is 10.5 Å². The van der Waals surface area contributed by atoms with Gasteiger partial charge in [0.2, 0.25) is 0 Å². The molecule has 1 rings (SSSR count). The van der Waals surface area contributed by atoms with Crippen molar-refractivity contribution in [1.82, 2.24) is 0 Å². The van der Waals surface area contributed by atoms with Crippen molar-refractivity contribution in [3.8, 4) is 0 Å². The van der Waals surface area contributed by atoms with Gasteiger partial charge in [0.1, 0.15) is 0 Å². The van der Waals surface area contributed by atoms with Crippen molar-refractivity contribution in [3.05, 3.63) is 11.5 Å². The highest BCUT2D eigenvalue weighted by Gasteiger charge is 2.36. The van der Waals surface area contributed by atoms with Crippen LogP contribution in [0.3, 0.4) is 0 Å². The molecule has 0 bridgehead atoms. The van der Waals surface area contributed by atoms with E-state index >= 15 is 0 Å². The molecule has 0 saturated carbocycles. The summed E-state index contributed by atoms with van der Waals surface area (Å²) in [6.07, 6.45) is 2.42. The quantitative estimate of drug-likeness (QED) is 0.565. The largest absolute Gasteiger partial charge is 0.467 e. The van der Waals surface area contributed by atoms with Crippen molar-refractivity contribution in [2.45, 2.75) is 11.3 Å². The van der Waals surface area contributed by atoms with Crippen LogP contribution in [0.2, 0.25) is 0 Å². The first-order chi connectivity index (χ1) is 4.69. The second-order valence-corrected chi connectivity index (χ2v) is 3.31. The number of methoxy groups -OCH3 is 1. The summed E-state index contributed by atoms with van der Waals surface area (Å²) in [5.74, 6) is -0.359. The molecule has 1 unspecified atom stereocenters. The van der Waals surface area contributed by atoms with Crippen LogP contribution in [0.5, 0.6) is 0 Å². The number of carbonyl (C=O) groups excluding carboxylic acids is 1. The van der Waals surface area contributed by atoms with Crippen LogP contribution in [0.1, 0.15) is 6.42 Å². The molecule has 0 spiro atoms. The fraction of sp³-hybridized carbons (Fsp3) is 0.500. The molecule has 4 heteroatoms. The van der Waals surface area contributed by atoms with E-state index in [-0.39, 0.29) is 5.97 Å². The molecule has 3 nitrogen and oxygen atoms in total. The van der Waals surface area contributed by atoms with Gasteiger partial charge >= 0.3 is 5.97 Å². The molecule has 1 atom stereocenters. The first kappa shape index (κ1) is 7.63. The monoisotopic (exact) mass is 159 g/mol. The Morgan fingerprint density at radius 3 is 3.00 bits per heavy atom. The van der Waals surface area contributed by atoms with Gasteiger partial charge in [-0.15, -0.1) is 11.8 Å². The second-order valence-electron chi connectivity index (χ2n) is 2.07. The molecule has 2 N–H and O–H groups in total. The van der Waals surface area contributed by atoms with E-state index in [1.54, 1.807) is 0 Å². The Bertz CT molecular complexity index is 171. The van der Waals surface area contributed by atoms with Crippen LogP contribution in [-0.4, -0.2) is 18.0 Å². The minimum atomic E-state index is -0.852. The maximum Gasteiger partial charge on any atom is 0.337 e. The molecule has 1 heterocycles. The number of thioether (sulfide) groups is 1. The SMILES string of the molecule is COC(=O)C1(N)CC=CS1. The maximum atomic E-state index is 10.9. The van der Waals surface area contributed by atoms with Crippen LogP contribution in [0.4, 0.5) is 0 Å². The second kappa shape index (κ2) is 2.64. The molecular weight excluding hydrogens is 150 g/mol. The van der Waals surface area contributed by atoms with Crippen molar-refractivity contribution < 1.29 is 9.53 Å². The molecule has 0 aromatic heterocycles. The minimum absolute atomic E-state index is 0.359. The number of hydrogen-bond donors (Lipinski definition) is 1. The lowest BCUT2D eigenvalue weighted by atomic mass is 10.2. The number of nitrogens with two attached hydrogens (primary N) is 1. The number of carbonyl (C=O) groups is 1. The predicted octanol–water partition coefficient (Wildman–Crippen LogP) is 0.465. The molecule has 0 radical (unpaired) electrons. The van der Waals surface area contributed by atoms with Crippen LogP contribution in [0, 0.1) is 0 Å². The molecule has 1 aliphatic rings. The van der Waals surface area contributed by atoms with Gasteiger partial charge in [-0.1, -0.05) is 6.08 Å². The molecule has 0 fully saturated rings. The summed E-state index contributed by atoms with van der Waals surface area (Å²) in [5, 5.41) is 1.82. The van der Waals surface area contributed by atoms with Gasteiger partial charge in [0.15, 0.2) is 4.87 Å². The highest BCUT2D eigenvalue weighted by atomic mass is 32.2. The van der Waals surface area contributed by atoms with Gasteiger partial charge in [-0.2, -0.15) is 0 Å². The van der Waals surface area contributed by atoms with Crippen molar-refractivity contribution in [3.63, 3.8) is 0 Å². The summed E-state index contributed by atoms with van der Waals surface area (Å²) in [4.78, 5) is 10.1. The number of esters is 1. The van der Waals surface area contributed by atoms with Gasteiger partial charge in [0, 0.05) is 6.42 Å². The lowest BCUT2D eigenvalue weighted by Gasteiger charge is -2.18. The summed E-state index contributed by atoms with van der Waals surface area (Å²) >= 11 is 1.30. The van der Waals surface area contributed by atoms with Gasteiger partial charge in [-0.05, 0) is 5.41 Å². The standard InChI is InChI=1S/C6H9NO2S/c1-9-5(8)6(7)3-2-4-10-6/h2,4H,3,7H2,1H3. The van der Waals surface area contributed by atoms with E-state index in [1.165, 1.54) is 18.9 Å². The highest BCUT2D eigenvalue weighted by Crippen LogP contribution is 2.32. The molecule has 0 saturated heterocycles. The van der Waals surface area contributed by atoms with Crippen LogP contribution >= 0.6 is 11.8 Å². The molecule has 0 aromatic carbocycles. The third-order valence-corrected chi connectivity index (χ3v) is 2.41. The van der Waals surface area contributed by atoms with Crippen molar-refractivity contribution >= 4 is 17.7 Å². The third-order valence-electron chi connectivity index (χ3n) is 1.33. The van der Waals surface area contributed by atoms with Gasteiger partial charge in [0.25, 0.3) is 0 Å². The fourth-order valence-corrected chi connectivity index (χ4v) is 1.55. The van der Waals surface area contributed by atoms with Gasteiger partial charge in [-0.3, -0.25) is 0 Å². The zero-order valence-corrected chi connectivity index (χ0v) is 6.48. The highest BCUT2D eigenvalue weighted by molar-refractivity contribution is 8.04. The molecular formula is C6H9NO2S. The molecule has 0 aromatic rings. The van der Waals surface area contributed by atoms with E-state index in [4.69, 9.17) is 5.73 Å². The maximum absolute atomic E-state index is 10.9. The van der Waals surface area contributed by atoms with Crippen molar-refractivity contribution in [2.75, 3.05) is 7.11 Å². The Labute approximate surface area is 63.6 Å². The van der Waals surface area contributed by atoms with Crippen LogP contribution in [-0.2, 0) is 9.53 Å². The first-order valence-electron chi connectivity index (χ1n) is 2.89. The average Bonchev–Trinajstić information content (AvgIpc) is 2.36. The lowest BCUT2D eigenvalue weighted by molar-refractivity contribution is -0.143. The Kier molecular flexibility index (Phi) is 2.01. The van der Waals surface area contributed by atoms with E-state index in [0.29, 0.717) is 6.42 Å². The predicted molar refractivity (Wildman–Crippen MR) is 40.3 cm³/mol. The molecule has 10 heavy (non-hydrogen) atoms. The van der Waals surface area contributed by atoms with Crippen molar-refractivity contribution in [1.29, 1.82) is 0 Å².